The van der Waals surface area contributed by atoms with Crippen LogP contribution in [-0.2, 0) is 9.59 Å². The average molecular weight is 173 g/mol. The highest BCUT2D eigenvalue weighted by Crippen LogP contribution is 1.98. The third kappa shape index (κ3) is 3.48. The van der Waals surface area contributed by atoms with Gasteiger partial charge in [0.05, 0.1) is 6.04 Å². The molecule has 0 aromatic heterocycles. The molecule has 1 unspecified atom stereocenters. The molecule has 2 N–H and O–H groups in total. The minimum absolute atomic E-state index is 0.0307. The van der Waals surface area contributed by atoms with Crippen molar-refractivity contribution in [2.45, 2.75) is 26.8 Å². The molecule has 0 bridgehead atoms. The van der Waals surface area contributed by atoms with Gasteiger partial charge in [-0.3, -0.25) is 9.59 Å². The van der Waals surface area contributed by atoms with Crippen molar-refractivity contribution in [1.29, 1.82) is 0 Å². The minimum Gasteiger partial charge on any atom is -0.387 e. The minimum atomic E-state index is -0.574. The molecular formula is C8H15NO3. The van der Waals surface area contributed by atoms with Crippen LogP contribution in [0.5, 0.6) is 0 Å². The fourth-order valence-electron chi connectivity index (χ4n) is 0.858. The lowest BCUT2D eigenvalue weighted by molar-refractivity contribution is -0.130. The van der Waals surface area contributed by atoms with Crippen LogP contribution in [-0.4, -0.2) is 29.4 Å². The number of amides is 1. The van der Waals surface area contributed by atoms with E-state index in [1.165, 1.54) is 0 Å². The molecule has 4 nitrogen and oxygen atoms in total. The second-order valence-electron chi connectivity index (χ2n) is 3.00. The van der Waals surface area contributed by atoms with Crippen molar-refractivity contribution >= 4 is 11.7 Å². The quantitative estimate of drug-likeness (QED) is 0.614. The maximum Gasteiger partial charge on any atom is 0.246 e. The van der Waals surface area contributed by atoms with Crippen molar-refractivity contribution in [2.75, 3.05) is 6.61 Å². The molecule has 1 atom stereocenters. The first-order chi connectivity index (χ1) is 5.49. The Hall–Kier alpha value is -0.900. The molecule has 0 aliphatic rings. The lowest BCUT2D eigenvalue weighted by atomic mass is 10.0. The van der Waals surface area contributed by atoms with Crippen molar-refractivity contribution in [1.82, 2.24) is 5.32 Å². The third-order valence-corrected chi connectivity index (χ3v) is 1.52. The second kappa shape index (κ2) is 4.87. The lowest BCUT2D eigenvalue weighted by Gasteiger charge is -2.13. The molecule has 0 saturated heterocycles. The number of hydrogen-bond acceptors (Lipinski definition) is 3. The van der Waals surface area contributed by atoms with E-state index in [9.17, 15) is 9.59 Å². The lowest BCUT2D eigenvalue weighted by Crippen LogP contribution is -2.41. The Labute approximate surface area is 72.0 Å². The molecule has 0 rings (SSSR count). The Kier molecular flexibility index (Phi) is 4.51. The zero-order valence-electron chi connectivity index (χ0n) is 7.63. The summed E-state index contributed by atoms with van der Waals surface area (Å²) in [4.78, 5) is 21.8. The van der Waals surface area contributed by atoms with Crippen molar-refractivity contribution in [2.24, 2.45) is 5.92 Å². The molecule has 0 aliphatic carbocycles. The standard InChI is InChI=1S/C8H15NO3/c1-5(2)8(12)6(3)9-7(11)4-10/h5-6,10H,4H2,1-3H3,(H,9,11). The Morgan fingerprint density at radius 3 is 2.17 bits per heavy atom. The first-order valence-electron chi connectivity index (χ1n) is 3.93. The maximum absolute atomic E-state index is 11.2. The summed E-state index contributed by atoms with van der Waals surface area (Å²) in [6.45, 7) is 4.57. The van der Waals surface area contributed by atoms with Crippen molar-refractivity contribution < 1.29 is 14.7 Å². The molecule has 0 heterocycles. The topological polar surface area (TPSA) is 66.4 Å². The van der Waals surface area contributed by atoms with Gasteiger partial charge in [-0.15, -0.1) is 0 Å². The molecular weight excluding hydrogens is 158 g/mol. The fourth-order valence-corrected chi connectivity index (χ4v) is 0.858. The number of Topliss-reactive ketones (excluding diaryl/α,β-unsaturated/α-hetero) is 1. The second-order valence-corrected chi connectivity index (χ2v) is 3.00. The number of nitrogens with one attached hydrogen (secondary N) is 1. The average Bonchev–Trinajstić information content (AvgIpc) is 2.02. The van der Waals surface area contributed by atoms with Gasteiger partial charge in [0.25, 0.3) is 0 Å². The Morgan fingerprint density at radius 2 is 1.83 bits per heavy atom. The SMILES string of the molecule is CC(C)C(=O)C(C)NC(=O)CO. The third-order valence-electron chi connectivity index (χ3n) is 1.52. The van der Waals surface area contributed by atoms with Crippen LogP contribution in [0.25, 0.3) is 0 Å². The summed E-state index contributed by atoms with van der Waals surface area (Å²) < 4.78 is 0. The molecule has 4 heteroatoms. The molecule has 0 aromatic carbocycles. The highest BCUT2D eigenvalue weighted by atomic mass is 16.3. The summed E-state index contributed by atoms with van der Waals surface area (Å²) in [6, 6.07) is -0.510. The number of aliphatic hydroxyl groups is 1. The van der Waals surface area contributed by atoms with Crippen molar-refractivity contribution in [3.05, 3.63) is 0 Å². The molecule has 0 spiro atoms. The van der Waals surface area contributed by atoms with Gasteiger partial charge in [0.2, 0.25) is 5.91 Å². The van der Waals surface area contributed by atoms with E-state index in [1.54, 1.807) is 20.8 Å². The molecule has 1 amide bonds. The van der Waals surface area contributed by atoms with Crippen molar-refractivity contribution in [3.8, 4) is 0 Å². The van der Waals surface area contributed by atoms with Crippen LogP contribution in [0.2, 0.25) is 0 Å². The molecule has 0 aliphatic heterocycles. The van der Waals surface area contributed by atoms with Gasteiger partial charge >= 0.3 is 0 Å². The van der Waals surface area contributed by atoms with E-state index in [2.05, 4.69) is 5.32 Å². The van der Waals surface area contributed by atoms with Gasteiger partial charge in [-0.1, -0.05) is 13.8 Å². The predicted molar refractivity (Wildman–Crippen MR) is 44.5 cm³/mol. The number of ketones is 1. The van der Waals surface area contributed by atoms with Gasteiger partial charge < -0.3 is 10.4 Å². The highest BCUT2D eigenvalue weighted by molar-refractivity contribution is 5.90. The monoisotopic (exact) mass is 173 g/mol. The molecule has 0 fully saturated rings. The van der Waals surface area contributed by atoms with Gasteiger partial charge in [0, 0.05) is 5.92 Å². The molecule has 0 radical (unpaired) electrons. The highest BCUT2D eigenvalue weighted by Gasteiger charge is 2.17. The number of rotatable bonds is 4. The van der Waals surface area contributed by atoms with E-state index in [0.29, 0.717) is 0 Å². The zero-order valence-corrected chi connectivity index (χ0v) is 7.63. The zero-order chi connectivity index (χ0) is 9.72. The number of carbonyl (C=O) groups excluding carboxylic acids is 2. The van der Waals surface area contributed by atoms with Crippen LogP contribution in [0.4, 0.5) is 0 Å². The molecule has 0 aromatic rings. The number of carbonyl (C=O) groups is 2. The maximum atomic E-state index is 11.2. The Balaban J connectivity index is 3.95. The van der Waals surface area contributed by atoms with Gasteiger partial charge in [-0.05, 0) is 6.92 Å². The summed E-state index contributed by atoms with van der Waals surface area (Å²) in [6.07, 6.45) is 0. The van der Waals surface area contributed by atoms with E-state index in [-0.39, 0.29) is 11.7 Å². The number of aliphatic hydroxyl groups excluding tert-OH is 1. The summed E-state index contributed by atoms with van der Waals surface area (Å²) in [7, 11) is 0. The van der Waals surface area contributed by atoms with E-state index < -0.39 is 18.6 Å². The van der Waals surface area contributed by atoms with Crippen LogP contribution in [0.3, 0.4) is 0 Å². The molecule has 70 valence electrons. The van der Waals surface area contributed by atoms with Crippen LogP contribution in [0.15, 0.2) is 0 Å². The summed E-state index contributed by atoms with van der Waals surface area (Å²) >= 11 is 0. The smallest absolute Gasteiger partial charge is 0.246 e. The van der Waals surface area contributed by atoms with E-state index in [4.69, 9.17) is 5.11 Å². The fraction of sp³-hybridized carbons (Fsp3) is 0.750. The van der Waals surface area contributed by atoms with Crippen LogP contribution >= 0.6 is 0 Å². The van der Waals surface area contributed by atoms with Crippen molar-refractivity contribution in [3.63, 3.8) is 0 Å². The number of hydrogen-bond donors (Lipinski definition) is 2. The van der Waals surface area contributed by atoms with Gasteiger partial charge in [-0.25, -0.2) is 0 Å². The first kappa shape index (κ1) is 11.1. The van der Waals surface area contributed by atoms with Gasteiger partial charge in [-0.2, -0.15) is 0 Å². The summed E-state index contributed by atoms with van der Waals surface area (Å²) in [5.41, 5.74) is 0. The van der Waals surface area contributed by atoms with E-state index in [0.717, 1.165) is 0 Å². The van der Waals surface area contributed by atoms with Crippen LogP contribution < -0.4 is 5.32 Å². The molecule has 0 saturated carbocycles. The van der Waals surface area contributed by atoms with Gasteiger partial charge in [0.15, 0.2) is 5.78 Å². The van der Waals surface area contributed by atoms with Crippen LogP contribution in [0.1, 0.15) is 20.8 Å². The Morgan fingerprint density at radius 1 is 1.33 bits per heavy atom. The normalized spacial score (nSPS) is 12.8. The largest absolute Gasteiger partial charge is 0.387 e. The summed E-state index contributed by atoms with van der Waals surface area (Å²) in [5.74, 6) is -0.646. The van der Waals surface area contributed by atoms with E-state index >= 15 is 0 Å². The predicted octanol–water partition coefficient (Wildman–Crippen LogP) is -0.292. The van der Waals surface area contributed by atoms with Gasteiger partial charge in [0.1, 0.15) is 6.61 Å². The first-order valence-corrected chi connectivity index (χ1v) is 3.93. The summed E-state index contributed by atoms with van der Waals surface area (Å²) in [5, 5.41) is 10.8. The molecule has 12 heavy (non-hydrogen) atoms. The Bertz CT molecular complexity index is 177. The van der Waals surface area contributed by atoms with E-state index in [1.807, 2.05) is 0 Å². The van der Waals surface area contributed by atoms with Crippen LogP contribution in [0, 0.1) is 5.92 Å².